The Bertz CT molecular complexity index is 450. The highest BCUT2D eigenvalue weighted by Gasteiger charge is 2.33. The van der Waals surface area contributed by atoms with E-state index in [4.69, 9.17) is 0 Å². The SMILES string of the molecule is O=C(NCC1CCCCC1)N[C@H](c1ccccc1)C1CC1. The van der Waals surface area contributed by atoms with Gasteiger partial charge in [-0.1, -0.05) is 49.6 Å². The van der Waals surface area contributed by atoms with Gasteiger partial charge >= 0.3 is 6.03 Å². The molecule has 0 unspecified atom stereocenters. The molecular weight excluding hydrogens is 260 g/mol. The number of benzene rings is 1. The zero-order valence-corrected chi connectivity index (χ0v) is 12.7. The van der Waals surface area contributed by atoms with Crippen molar-refractivity contribution < 1.29 is 4.79 Å². The first-order valence-corrected chi connectivity index (χ1v) is 8.42. The van der Waals surface area contributed by atoms with Crippen LogP contribution >= 0.6 is 0 Å². The summed E-state index contributed by atoms with van der Waals surface area (Å²) in [4.78, 5) is 12.2. The van der Waals surface area contributed by atoms with Crippen molar-refractivity contribution in [3.8, 4) is 0 Å². The minimum atomic E-state index is 0.00123. The second kappa shape index (κ2) is 6.97. The molecule has 2 amide bonds. The predicted molar refractivity (Wildman–Crippen MR) is 85.0 cm³/mol. The Kier molecular flexibility index (Phi) is 4.79. The van der Waals surface area contributed by atoms with Crippen LogP contribution in [0.5, 0.6) is 0 Å². The van der Waals surface area contributed by atoms with E-state index < -0.39 is 0 Å². The third kappa shape index (κ3) is 4.23. The maximum Gasteiger partial charge on any atom is 0.315 e. The summed E-state index contributed by atoms with van der Waals surface area (Å²) in [6.45, 7) is 0.831. The minimum absolute atomic E-state index is 0.00123. The van der Waals surface area contributed by atoms with Crippen molar-refractivity contribution >= 4 is 6.03 Å². The van der Waals surface area contributed by atoms with Crippen LogP contribution in [0.1, 0.15) is 56.6 Å². The van der Waals surface area contributed by atoms with Crippen molar-refractivity contribution in [3.05, 3.63) is 35.9 Å². The normalized spacial score (nSPS) is 20.8. The number of rotatable bonds is 5. The summed E-state index contributed by atoms with van der Waals surface area (Å²) in [5, 5.41) is 6.27. The van der Waals surface area contributed by atoms with Gasteiger partial charge < -0.3 is 10.6 Å². The lowest BCUT2D eigenvalue weighted by atomic mass is 9.89. The topological polar surface area (TPSA) is 41.1 Å². The zero-order valence-electron chi connectivity index (χ0n) is 12.7. The highest BCUT2D eigenvalue weighted by atomic mass is 16.2. The largest absolute Gasteiger partial charge is 0.338 e. The van der Waals surface area contributed by atoms with Gasteiger partial charge in [-0.3, -0.25) is 0 Å². The zero-order chi connectivity index (χ0) is 14.5. The van der Waals surface area contributed by atoms with Crippen LogP contribution in [-0.2, 0) is 0 Å². The van der Waals surface area contributed by atoms with Crippen LogP contribution in [0.2, 0.25) is 0 Å². The Morgan fingerprint density at radius 3 is 2.43 bits per heavy atom. The smallest absolute Gasteiger partial charge is 0.315 e. The fraction of sp³-hybridized carbons (Fsp3) is 0.611. The molecule has 2 fully saturated rings. The average Bonchev–Trinajstić information content (AvgIpc) is 3.37. The standard InChI is InChI=1S/C18H26N2O/c21-18(19-13-14-7-3-1-4-8-14)20-17(16-11-12-16)15-9-5-2-6-10-15/h2,5-6,9-10,14,16-17H,1,3-4,7-8,11-13H2,(H2,19,20,21)/t17-/m1/s1. The van der Waals surface area contributed by atoms with E-state index in [1.54, 1.807) is 0 Å². The van der Waals surface area contributed by atoms with Gasteiger partial charge in [0.25, 0.3) is 0 Å². The predicted octanol–water partition coefficient (Wildman–Crippen LogP) is 4.02. The fourth-order valence-corrected chi connectivity index (χ4v) is 3.38. The lowest BCUT2D eigenvalue weighted by Crippen LogP contribution is -2.41. The number of hydrogen-bond donors (Lipinski definition) is 2. The summed E-state index contributed by atoms with van der Waals surface area (Å²) >= 11 is 0. The van der Waals surface area contributed by atoms with Gasteiger partial charge in [0.2, 0.25) is 0 Å². The van der Waals surface area contributed by atoms with Crippen LogP contribution in [0.15, 0.2) is 30.3 Å². The molecule has 2 aliphatic rings. The van der Waals surface area contributed by atoms with Crippen molar-refractivity contribution in [2.45, 2.75) is 51.0 Å². The third-order valence-corrected chi connectivity index (χ3v) is 4.81. The van der Waals surface area contributed by atoms with E-state index in [2.05, 4.69) is 22.8 Å². The molecule has 0 aromatic heterocycles. The van der Waals surface area contributed by atoms with Crippen LogP contribution in [0.4, 0.5) is 4.79 Å². The number of amides is 2. The van der Waals surface area contributed by atoms with Crippen LogP contribution in [0, 0.1) is 11.8 Å². The molecule has 2 saturated carbocycles. The van der Waals surface area contributed by atoms with E-state index in [-0.39, 0.29) is 12.1 Å². The molecule has 2 aliphatic carbocycles. The van der Waals surface area contributed by atoms with E-state index in [1.807, 2.05) is 18.2 Å². The van der Waals surface area contributed by atoms with Gasteiger partial charge in [-0.25, -0.2) is 4.79 Å². The molecule has 0 aliphatic heterocycles. The maximum atomic E-state index is 12.2. The summed E-state index contributed by atoms with van der Waals surface area (Å²) in [6.07, 6.45) is 8.99. The molecule has 3 nitrogen and oxygen atoms in total. The first-order chi connectivity index (χ1) is 10.3. The van der Waals surface area contributed by atoms with Crippen molar-refractivity contribution in [3.63, 3.8) is 0 Å². The summed E-state index contributed by atoms with van der Waals surface area (Å²) < 4.78 is 0. The number of nitrogens with one attached hydrogen (secondary N) is 2. The number of urea groups is 1. The number of hydrogen-bond acceptors (Lipinski definition) is 1. The molecule has 1 atom stereocenters. The molecular formula is C18H26N2O. The Hall–Kier alpha value is -1.51. The lowest BCUT2D eigenvalue weighted by molar-refractivity contribution is 0.231. The maximum absolute atomic E-state index is 12.2. The molecule has 1 aromatic carbocycles. The molecule has 0 bridgehead atoms. The van der Waals surface area contributed by atoms with Gasteiger partial charge in [0.05, 0.1) is 6.04 Å². The second-order valence-electron chi connectivity index (χ2n) is 6.58. The molecule has 0 radical (unpaired) electrons. The van der Waals surface area contributed by atoms with E-state index >= 15 is 0 Å². The second-order valence-corrected chi connectivity index (χ2v) is 6.58. The van der Waals surface area contributed by atoms with Gasteiger partial charge in [0, 0.05) is 6.54 Å². The Morgan fingerprint density at radius 2 is 1.76 bits per heavy atom. The minimum Gasteiger partial charge on any atom is -0.338 e. The van der Waals surface area contributed by atoms with Gasteiger partial charge in [0.15, 0.2) is 0 Å². The van der Waals surface area contributed by atoms with Gasteiger partial charge in [-0.05, 0) is 43.1 Å². The Labute approximate surface area is 127 Å². The van der Waals surface area contributed by atoms with E-state index in [0.717, 1.165) is 6.54 Å². The van der Waals surface area contributed by atoms with Crippen molar-refractivity contribution in [2.24, 2.45) is 11.8 Å². The molecule has 2 N–H and O–H groups in total. The van der Waals surface area contributed by atoms with Gasteiger partial charge in [-0.2, -0.15) is 0 Å². The van der Waals surface area contributed by atoms with E-state index in [1.165, 1.54) is 50.5 Å². The fourth-order valence-electron chi connectivity index (χ4n) is 3.38. The third-order valence-electron chi connectivity index (χ3n) is 4.81. The molecule has 0 heterocycles. The summed E-state index contributed by atoms with van der Waals surface area (Å²) in [7, 11) is 0. The molecule has 1 aromatic rings. The quantitative estimate of drug-likeness (QED) is 0.843. The lowest BCUT2D eigenvalue weighted by Gasteiger charge is -2.23. The summed E-state index contributed by atoms with van der Waals surface area (Å²) in [5.74, 6) is 1.30. The van der Waals surface area contributed by atoms with Crippen LogP contribution in [-0.4, -0.2) is 12.6 Å². The Balaban J connectivity index is 1.50. The first-order valence-electron chi connectivity index (χ1n) is 8.42. The number of carbonyl (C=O) groups excluding carboxylic acids is 1. The Morgan fingerprint density at radius 1 is 1.05 bits per heavy atom. The van der Waals surface area contributed by atoms with Gasteiger partial charge in [0.1, 0.15) is 0 Å². The number of carbonyl (C=O) groups is 1. The first kappa shape index (κ1) is 14.4. The molecule has 114 valence electrons. The molecule has 3 rings (SSSR count). The van der Waals surface area contributed by atoms with Crippen LogP contribution in [0.3, 0.4) is 0 Å². The monoisotopic (exact) mass is 286 g/mol. The summed E-state index contributed by atoms with van der Waals surface area (Å²) in [6, 6.07) is 10.5. The summed E-state index contributed by atoms with van der Waals surface area (Å²) in [5.41, 5.74) is 1.23. The average molecular weight is 286 g/mol. The highest BCUT2D eigenvalue weighted by molar-refractivity contribution is 5.74. The highest BCUT2D eigenvalue weighted by Crippen LogP contribution is 2.40. The molecule has 0 saturated heterocycles. The van der Waals surface area contributed by atoms with Crippen molar-refractivity contribution in [1.29, 1.82) is 0 Å². The molecule has 3 heteroatoms. The van der Waals surface area contributed by atoms with Gasteiger partial charge in [-0.15, -0.1) is 0 Å². The van der Waals surface area contributed by atoms with E-state index in [9.17, 15) is 4.79 Å². The van der Waals surface area contributed by atoms with E-state index in [0.29, 0.717) is 11.8 Å². The molecule has 21 heavy (non-hydrogen) atoms. The molecule has 0 spiro atoms. The van der Waals surface area contributed by atoms with Crippen molar-refractivity contribution in [1.82, 2.24) is 10.6 Å². The van der Waals surface area contributed by atoms with Crippen LogP contribution in [0.25, 0.3) is 0 Å². The van der Waals surface area contributed by atoms with Crippen LogP contribution < -0.4 is 10.6 Å². The van der Waals surface area contributed by atoms with Crippen molar-refractivity contribution in [2.75, 3.05) is 6.54 Å².